The number of rotatable bonds is 3. The van der Waals surface area contributed by atoms with Gasteiger partial charge in [0.15, 0.2) is 15.5 Å². The molecule has 0 spiro atoms. The summed E-state index contributed by atoms with van der Waals surface area (Å²) in [5, 5.41) is 11.7. The van der Waals surface area contributed by atoms with E-state index in [1.807, 2.05) is 0 Å². The monoisotopic (exact) mass is 271 g/mol. The molecule has 1 atom stereocenters. The second kappa shape index (κ2) is 4.89. The minimum atomic E-state index is -3.01. The van der Waals surface area contributed by atoms with Crippen LogP contribution in [-0.4, -0.2) is 47.0 Å². The van der Waals surface area contributed by atoms with Gasteiger partial charge in [-0.2, -0.15) is 0 Å². The molecule has 0 aliphatic carbocycles. The van der Waals surface area contributed by atoms with Gasteiger partial charge >= 0.3 is 5.97 Å². The first-order valence-corrected chi connectivity index (χ1v) is 7.31. The third kappa shape index (κ3) is 3.16. The Bertz CT molecular complexity index is 558. The first kappa shape index (κ1) is 12.7. The summed E-state index contributed by atoms with van der Waals surface area (Å²) in [6.45, 7) is 0. The molecule has 1 unspecified atom stereocenters. The van der Waals surface area contributed by atoms with Gasteiger partial charge in [0.2, 0.25) is 0 Å². The molecular weight excluding hydrogens is 258 g/mol. The molecule has 1 aromatic rings. The number of hydrogen-bond donors (Lipinski definition) is 2. The van der Waals surface area contributed by atoms with Gasteiger partial charge in [0.25, 0.3) is 0 Å². The van der Waals surface area contributed by atoms with Gasteiger partial charge < -0.3 is 10.4 Å². The number of nitrogens with zero attached hydrogens (tertiary/aromatic N) is 2. The number of nitrogens with one attached hydrogen (secondary N) is 1. The molecule has 18 heavy (non-hydrogen) atoms. The Morgan fingerprint density at radius 2 is 2.22 bits per heavy atom. The van der Waals surface area contributed by atoms with Crippen molar-refractivity contribution in [2.75, 3.05) is 16.8 Å². The van der Waals surface area contributed by atoms with Crippen LogP contribution < -0.4 is 5.32 Å². The fourth-order valence-corrected chi connectivity index (χ4v) is 3.52. The third-order valence-corrected chi connectivity index (χ3v) is 4.49. The topological polar surface area (TPSA) is 109 Å². The molecule has 1 aliphatic rings. The van der Waals surface area contributed by atoms with E-state index in [1.54, 1.807) is 0 Å². The number of aromatic nitrogens is 2. The summed E-state index contributed by atoms with van der Waals surface area (Å²) in [4.78, 5) is 18.3. The lowest BCUT2D eigenvalue weighted by Gasteiger charge is -2.23. The van der Waals surface area contributed by atoms with Gasteiger partial charge in [-0.1, -0.05) is 0 Å². The molecular formula is C10H13N3O4S. The van der Waals surface area contributed by atoms with Crippen molar-refractivity contribution in [2.45, 2.75) is 18.9 Å². The van der Waals surface area contributed by atoms with Gasteiger partial charge in [-0.05, 0) is 12.8 Å². The van der Waals surface area contributed by atoms with E-state index in [9.17, 15) is 13.2 Å². The number of aromatic carboxylic acids is 1. The van der Waals surface area contributed by atoms with Gasteiger partial charge in [0.1, 0.15) is 5.82 Å². The van der Waals surface area contributed by atoms with Crippen molar-refractivity contribution >= 4 is 21.6 Å². The second-order valence-electron chi connectivity index (χ2n) is 4.19. The molecule has 2 N–H and O–H groups in total. The van der Waals surface area contributed by atoms with Crippen molar-refractivity contribution < 1.29 is 18.3 Å². The van der Waals surface area contributed by atoms with Crippen LogP contribution >= 0.6 is 0 Å². The molecule has 0 bridgehead atoms. The summed E-state index contributed by atoms with van der Waals surface area (Å²) in [5.74, 6) is -0.614. The van der Waals surface area contributed by atoms with E-state index in [2.05, 4.69) is 15.3 Å². The highest BCUT2D eigenvalue weighted by Gasteiger charge is 2.25. The molecule has 0 amide bonds. The first-order valence-electron chi connectivity index (χ1n) is 5.48. The molecule has 0 radical (unpaired) electrons. The molecule has 1 fully saturated rings. The molecule has 1 aliphatic heterocycles. The maximum atomic E-state index is 11.5. The minimum Gasteiger partial charge on any atom is -0.476 e. The second-order valence-corrected chi connectivity index (χ2v) is 6.42. The Hall–Kier alpha value is -1.70. The first-order chi connectivity index (χ1) is 8.46. The van der Waals surface area contributed by atoms with E-state index in [0.29, 0.717) is 6.42 Å². The van der Waals surface area contributed by atoms with E-state index < -0.39 is 15.8 Å². The summed E-state index contributed by atoms with van der Waals surface area (Å²) in [5.41, 5.74) is -0.168. The number of sulfone groups is 1. The summed E-state index contributed by atoms with van der Waals surface area (Å²) in [6.07, 6.45) is 3.85. The predicted molar refractivity (Wildman–Crippen MR) is 64.3 cm³/mol. The van der Waals surface area contributed by atoms with Gasteiger partial charge in [-0.25, -0.2) is 18.2 Å². The summed E-state index contributed by atoms with van der Waals surface area (Å²) in [6, 6.07) is -0.234. The summed E-state index contributed by atoms with van der Waals surface area (Å²) in [7, 11) is -3.01. The Morgan fingerprint density at radius 1 is 1.44 bits per heavy atom. The van der Waals surface area contributed by atoms with Gasteiger partial charge in [-0.15, -0.1) is 0 Å². The standard InChI is InChI=1S/C10H13N3O4S/c14-10(15)8-4-11-5-9(13-8)12-7-2-1-3-18(16,17)6-7/h4-5,7H,1-3,6H2,(H,12,13)(H,14,15). The van der Waals surface area contributed by atoms with Crippen LogP contribution in [0.4, 0.5) is 5.82 Å². The van der Waals surface area contributed by atoms with Crippen molar-refractivity contribution in [3.63, 3.8) is 0 Å². The molecule has 8 heteroatoms. The lowest BCUT2D eigenvalue weighted by atomic mass is 10.2. The Morgan fingerprint density at radius 3 is 2.89 bits per heavy atom. The van der Waals surface area contributed by atoms with Crippen molar-refractivity contribution in [3.8, 4) is 0 Å². The lowest BCUT2D eigenvalue weighted by Crippen LogP contribution is -2.35. The zero-order chi connectivity index (χ0) is 13.2. The number of carboxylic acids is 1. The highest BCUT2D eigenvalue weighted by molar-refractivity contribution is 7.91. The van der Waals surface area contributed by atoms with Crippen molar-refractivity contribution in [3.05, 3.63) is 18.1 Å². The lowest BCUT2D eigenvalue weighted by molar-refractivity contribution is 0.0690. The quantitative estimate of drug-likeness (QED) is 0.806. The van der Waals surface area contributed by atoms with Gasteiger partial charge in [0, 0.05) is 6.04 Å². The molecule has 1 aromatic heterocycles. The van der Waals surface area contributed by atoms with Crippen molar-refractivity contribution in [1.29, 1.82) is 0 Å². The van der Waals surface area contributed by atoms with Crippen LogP contribution in [0.3, 0.4) is 0 Å². The van der Waals surface area contributed by atoms with Crippen LogP contribution in [0.25, 0.3) is 0 Å². The Kier molecular flexibility index (Phi) is 3.46. The van der Waals surface area contributed by atoms with E-state index in [1.165, 1.54) is 6.20 Å². The average Bonchev–Trinajstić information content (AvgIpc) is 2.28. The maximum Gasteiger partial charge on any atom is 0.356 e. The maximum absolute atomic E-state index is 11.5. The van der Waals surface area contributed by atoms with Crippen LogP contribution in [0, 0.1) is 0 Å². The molecule has 2 rings (SSSR count). The largest absolute Gasteiger partial charge is 0.476 e. The van der Waals surface area contributed by atoms with Crippen LogP contribution in [0.1, 0.15) is 23.3 Å². The SMILES string of the molecule is O=C(O)c1cncc(NC2CCCS(=O)(=O)C2)n1. The van der Waals surface area contributed by atoms with Crippen molar-refractivity contribution in [1.82, 2.24) is 9.97 Å². The van der Waals surface area contributed by atoms with Crippen LogP contribution in [0.15, 0.2) is 12.4 Å². The highest BCUT2D eigenvalue weighted by atomic mass is 32.2. The van der Waals surface area contributed by atoms with Crippen molar-refractivity contribution in [2.24, 2.45) is 0 Å². The average molecular weight is 271 g/mol. The number of carbonyl (C=O) groups is 1. The highest BCUT2D eigenvalue weighted by Crippen LogP contribution is 2.16. The van der Waals surface area contributed by atoms with Gasteiger partial charge in [0.05, 0.1) is 23.9 Å². The normalized spacial score (nSPS) is 22.3. The van der Waals surface area contributed by atoms with Crippen LogP contribution in [0.5, 0.6) is 0 Å². The van der Waals surface area contributed by atoms with Gasteiger partial charge in [-0.3, -0.25) is 4.98 Å². The van der Waals surface area contributed by atoms with E-state index in [4.69, 9.17) is 5.11 Å². The third-order valence-electron chi connectivity index (χ3n) is 2.67. The molecule has 0 saturated carbocycles. The summed E-state index contributed by atoms with van der Waals surface area (Å²) < 4.78 is 22.9. The zero-order valence-corrected chi connectivity index (χ0v) is 10.4. The molecule has 98 valence electrons. The molecule has 7 nitrogen and oxygen atoms in total. The Labute approximate surface area is 104 Å². The van der Waals surface area contributed by atoms with E-state index in [-0.39, 0.29) is 29.1 Å². The summed E-state index contributed by atoms with van der Waals surface area (Å²) >= 11 is 0. The fraction of sp³-hybridized carbons (Fsp3) is 0.500. The fourth-order valence-electron chi connectivity index (χ4n) is 1.88. The molecule has 0 aromatic carbocycles. The van der Waals surface area contributed by atoms with E-state index in [0.717, 1.165) is 12.6 Å². The predicted octanol–water partition coefficient (Wildman–Crippen LogP) is 0.164. The molecule has 1 saturated heterocycles. The number of carboxylic acid groups (broad SMARTS) is 1. The molecule has 2 heterocycles. The van der Waals surface area contributed by atoms with E-state index >= 15 is 0 Å². The van der Waals surface area contributed by atoms with Crippen LogP contribution in [-0.2, 0) is 9.84 Å². The van der Waals surface area contributed by atoms with Crippen LogP contribution in [0.2, 0.25) is 0 Å². The number of anilines is 1. The number of hydrogen-bond acceptors (Lipinski definition) is 6. The smallest absolute Gasteiger partial charge is 0.356 e. The zero-order valence-electron chi connectivity index (χ0n) is 9.54. The Balaban J connectivity index is 2.09. The minimum absolute atomic E-state index is 0.0476.